The molecule has 0 fully saturated rings. The van der Waals surface area contributed by atoms with E-state index in [4.69, 9.17) is 0 Å². The van der Waals surface area contributed by atoms with E-state index in [1.807, 2.05) is 0 Å². The fourth-order valence-electron chi connectivity index (χ4n) is 4.59. The highest BCUT2D eigenvalue weighted by Crippen LogP contribution is 2.39. The van der Waals surface area contributed by atoms with Crippen molar-refractivity contribution in [3.05, 3.63) is 133 Å². The van der Waals surface area contributed by atoms with Gasteiger partial charge in [0.05, 0.1) is 0 Å². The average Bonchev–Trinajstić information content (AvgIpc) is 2.88. The Morgan fingerprint density at radius 2 is 0.750 bits per heavy atom. The van der Waals surface area contributed by atoms with Crippen LogP contribution in [0.4, 0.5) is 0 Å². The molecule has 0 unspecified atom stereocenters. The van der Waals surface area contributed by atoms with Crippen molar-refractivity contribution < 1.29 is 0 Å². The van der Waals surface area contributed by atoms with Crippen molar-refractivity contribution >= 4 is 21.5 Å². The molecule has 0 heteroatoms. The van der Waals surface area contributed by atoms with Gasteiger partial charge in [-0.15, -0.1) is 0 Å². The minimum atomic E-state index is 1.15. The molecule has 0 bridgehead atoms. The summed E-state index contributed by atoms with van der Waals surface area (Å²) in [5.74, 6) is 0. The largest absolute Gasteiger partial charge is 0.0622 e. The molecule has 6 aromatic rings. The van der Waals surface area contributed by atoms with Gasteiger partial charge >= 0.3 is 0 Å². The molecule has 0 aromatic heterocycles. The zero-order valence-corrected chi connectivity index (χ0v) is 17.6. The highest BCUT2D eigenvalue weighted by Gasteiger charge is 2.13. The summed E-state index contributed by atoms with van der Waals surface area (Å²) >= 11 is 0. The predicted octanol–water partition coefficient (Wildman–Crippen LogP) is 8.79. The summed E-state index contributed by atoms with van der Waals surface area (Å²) in [7, 11) is 0. The molecule has 0 atom stereocenters. The topological polar surface area (TPSA) is 0 Å². The van der Waals surface area contributed by atoms with E-state index in [1.165, 1.54) is 44.2 Å². The van der Waals surface area contributed by atoms with Crippen LogP contribution < -0.4 is 0 Å². The molecule has 6 rings (SSSR count). The lowest BCUT2D eigenvalue weighted by molar-refractivity contribution is 1.58. The van der Waals surface area contributed by atoms with Gasteiger partial charge in [-0.05, 0) is 79.2 Å². The third-order valence-corrected chi connectivity index (χ3v) is 6.10. The molecule has 0 amide bonds. The first-order valence-electron chi connectivity index (χ1n) is 11.0. The Morgan fingerprint density at radius 1 is 0.344 bits per heavy atom. The third-order valence-electron chi connectivity index (χ3n) is 6.10. The van der Waals surface area contributed by atoms with Crippen LogP contribution in [0, 0.1) is 6.07 Å². The van der Waals surface area contributed by atoms with Gasteiger partial charge in [0.25, 0.3) is 0 Å². The molecule has 0 heterocycles. The van der Waals surface area contributed by atoms with Gasteiger partial charge in [0.2, 0.25) is 0 Å². The maximum atomic E-state index is 3.61. The highest BCUT2D eigenvalue weighted by molar-refractivity contribution is 6.12. The van der Waals surface area contributed by atoms with Crippen molar-refractivity contribution in [2.75, 3.05) is 0 Å². The molecule has 0 spiro atoms. The molecular weight excluding hydrogens is 384 g/mol. The molecule has 149 valence electrons. The Kier molecular flexibility index (Phi) is 4.55. The SMILES string of the molecule is [c]1c2ccccc2c(-c2cc(-c3ccccc3)cc(-c3ccccc3)c2)c2ccccc12. The van der Waals surface area contributed by atoms with Crippen LogP contribution in [0.3, 0.4) is 0 Å². The van der Waals surface area contributed by atoms with Crippen molar-refractivity contribution in [3.8, 4) is 33.4 Å². The molecular formula is C32H21. The molecule has 0 N–H and O–H groups in total. The maximum Gasteiger partial charge on any atom is -0.00139 e. The minimum Gasteiger partial charge on any atom is -0.0622 e. The van der Waals surface area contributed by atoms with E-state index in [9.17, 15) is 0 Å². The Hall–Kier alpha value is -4.16. The molecule has 0 aliphatic carbocycles. The summed E-state index contributed by atoms with van der Waals surface area (Å²) in [6, 6.07) is 49.0. The highest BCUT2D eigenvalue weighted by atomic mass is 14.2. The van der Waals surface area contributed by atoms with Crippen LogP contribution in [-0.2, 0) is 0 Å². The molecule has 1 radical (unpaired) electrons. The fraction of sp³-hybridized carbons (Fsp3) is 0. The Morgan fingerprint density at radius 3 is 1.25 bits per heavy atom. The lowest BCUT2D eigenvalue weighted by atomic mass is 9.88. The van der Waals surface area contributed by atoms with Gasteiger partial charge in [-0.3, -0.25) is 0 Å². The summed E-state index contributed by atoms with van der Waals surface area (Å²) in [5, 5.41) is 4.76. The minimum absolute atomic E-state index is 1.15. The first kappa shape index (κ1) is 18.6. The van der Waals surface area contributed by atoms with E-state index in [0.29, 0.717) is 0 Å². The van der Waals surface area contributed by atoms with Gasteiger partial charge in [-0.2, -0.15) is 0 Å². The quantitative estimate of drug-likeness (QED) is 0.258. The third kappa shape index (κ3) is 3.27. The van der Waals surface area contributed by atoms with Crippen molar-refractivity contribution in [2.24, 2.45) is 0 Å². The molecule has 0 aliphatic rings. The number of rotatable bonds is 3. The molecule has 32 heavy (non-hydrogen) atoms. The monoisotopic (exact) mass is 405 g/mol. The predicted molar refractivity (Wildman–Crippen MR) is 137 cm³/mol. The maximum absolute atomic E-state index is 3.61. The summed E-state index contributed by atoms with van der Waals surface area (Å²) in [5.41, 5.74) is 7.40. The average molecular weight is 406 g/mol. The summed E-state index contributed by atoms with van der Waals surface area (Å²) in [6.07, 6.45) is 0. The number of hydrogen-bond acceptors (Lipinski definition) is 0. The Bertz CT molecular complexity index is 1430. The van der Waals surface area contributed by atoms with Gasteiger partial charge in [0, 0.05) is 0 Å². The van der Waals surface area contributed by atoms with Crippen LogP contribution in [0.2, 0.25) is 0 Å². The van der Waals surface area contributed by atoms with E-state index < -0.39 is 0 Å². The Balaban J connectivity index is 1.71. The molecule has 0 saturated carbocycles. The van der Waals surface area contributed by atoms with Gasteiger partial charge in [-0.1, -0.05) is 109 Å². The number of benzene rings is 6. The van der Waals surface area contributed by atoms with Crippen molar-refractivity contribution in [1.82, 2.24) is 0 Å². The van der Waals surface area contributed by atoms with Gasteiger partial charge in [0.1, 0.15) is 0 Å². The molecule has 6 aromatic carbocycles. The number of fused-ring (bicyclic) bond motifs is 2. The van der Waals surface area contributed by atoms with E-state index in [0.717, 1.165) is 10.8 Å². The second-order valence-electron chi connectivity index (χ2n) is 8.12. The zero-order valence-electron chi connectivity index (χ0n) is 17.6. The van der Waals surface area contributed by atoms with Crippen LogP contribution in [0.1, 0.15) is 0 Å². The molecule has 0 nitrogen and oxygen atoms in total. The second kappa shape index (κ2) is 7.83. The molecule has 0 aliphatic heterocycles. The summed E-state index contributed by atoms with van der Waals surface area (Å²) < 4.78 is 0. The van der Waals surface area contributed by atoms with Crippen LogP contribution in [0.25, 0.3) is 54.9 Å². The van der Waals surface area contributed by atoms with Crippen molar-refractivity contribution in [3.63, 3.8) is 0 Å². The van der Waals surface area contributed by atoms with E-state index in [2.05, 4.69) is 133 Å². The lowest BCUT2D eigenvalue weighted by Crippen LogP contribution is -1.89. The second-order valence-corrected chi connectivity index (χ2v) is 8.12. The first-order chi connectivity index (χ1) is 15.9. The summed E-state index contributed by atoms with van der Waals surface area (Å²) in [4.78, 5) is 0. The van der Waals surface area contributed by atoms with Crippen molar-refractivity contribution in [2.45, 2.75) is 0 Å². The first-order valence-corrected chi connectivity index (χ1v) is 11.0. The van der Waals surface area contributed by atoms with Crippen molar-refractivity contribution in [1.29, 1.82) is 0 Å². The van der Waals surface area contributed by atoms with Gasteiger partial charge in [-0.25, -0.2) is 0 Å². The zero-order chi connectivity index (χ0) is 21.3. The van der Waals surface area contributed by atoms with Crippen LogP contribution in [0.15, 0.2) is 127 Å². The normalized spacial score (nSPS) is 11.1. The van der Waals surface area contributed by atoms with E-state index in [-0.39, 0.29) is 0 Å². The lowest BCUT2D eigenvalue weighted by Gasteiger charge is -2.15. The van der Waals surface area contributed by atoms with Gasteiger partial charge < -0.3 is 0 Å². The van der Waals surface area contributed by atoms with Crippen LogP contribution in [0.5, 0.6) is 0 Å². The van der Waals surface area contributed by atoms with Gasteiger partial charge in [0.15, 0.2) is 0 Å². The fourth-order valence-corrected chi connectivity index (χ4v) is 4.59. The van der Waals surface area contributed by atoms with E-state index in [1.54, 1.807) is 0 Å². The van der Waals surface area contributed by atoms with E-state index >= 15 is 0 Å². The van der Waals surface area contributed by atoms with Crippen LogP contribution >= 0.6 is 0 Å². The number of hydrogen-bond donors (Lipinski definition) is 0. The smallest absolute Gasteiger partial charge is 0.00139 e. The standard InChI is InChI=1S/C32H21/c1-3-11-23(12-4-1)27-20-28(24-13-5-2-6-14-24)22-29(21-27)32-30-17-9-7-15-25(30)19-26-16-8-10-18-31(26)32/h1-18,20-22H. The summed E-state index contributed by atoms with van der Waals surface area (Å²) in [6.45, 7) is 0. The Labute approximate surface area is 188 Å². The van der Waals surface area contributed by atoms with Crippen LogP contribution in [-0.4, -0.2) is 0 Å². The molecule has 0 saturated heterocycles.